The molecule has 0 aromatic heterocycles. The first-order chi connectivity index (χ1) is 13.6. The van der Waals surface area contributed by atoms with E-state index in [1.54, 1.807) is 4.90 Å². The summed E-state index contributed by atoms with van der Waals surface area (Å²) in [5.41, 5.74) is 3.07. The highest BCUT2D eigenvalue weighted by molar-refractivity contribution is 6.30. The lowest BCUT2D eigenvalue weighted by Gasteiger charge is -2.38. The Morgan fingerprint density at radius 3 is 2.36 bits per heavy atom. The van der Waals surface area contributed by atoms with Crippen LogP contribution in [0.3, 0.4) is 0 Å². The number of benzene rings is 2. The molecule has 2 aromatic carbocycles. The van der Waals surface area contributed by atoms with E-state index in [1.807, 2.05) is 60.4 Å². The van der Waals surface area contributed by atoms with Crippen molar-refractivity contribution in [3.63, 3.8) is 0 Å². The number of para-hydroxylation sites is 1. The van der Waals surface area contributed by atoms with Crippen LogP contribution in [0.5, 0.6) is 0 Å². The van der Waals surface area contributed by atoms with E-state index in [2.05, 4.69) is 4.90 Å². The number of halogens is 1. The maximum atomic E-state index is 13.3. The van der Waals surface area contributed by atoms with Crippen LogP contribution in [0.4, 0.5) is 11.4 Å². The summed E-state index contributed by atoms with van der Waals surface area (Å²) in [6.07, 6.45) is 0.987. The first-order valence-corrected chi connectivity index (χ1v) is 10.2. The van der Waals surface area contributed by atoms with E-state index in [0.717, 1.165) is 35.1 Å². The van der Waals surface area contributed by atoms with Crippen LogP contribution in [-0.2, 0) is 16.0 Å². The molecular formula is C22H24ClN3O2. The van der Waals surface area contributed by atoms with Gasteiger partial charge >= 0.3 is 0 Å². The third kappa shape index (κ3) is 3.47. The van der Waals surface area contributed by atoms with Crippen molar-refractivity contribution in [2.24, 2.45) is 0 Å². The Balaban J connectivity index is 1.46. The number of piperazine rings is 1. The van der Waals surface area contributed by atoms with Crippen LogP contribution in [0.2, 0.25) is 5.02 Å². The number of carbonyl (C=O) groups is 2. The van der Waals surface area contributed by atoms with E-state index in [9.17, 15) is 9.59 Å². The van der Waals surface area contributed by atoms with Crippen LogP contribution in [-0.4, -0.2) is 48.9 Å². The standard InChI is InChI=1S/C22H24ClN3O2/c1-2-21(27)26-19-6-4-3-5-16(19)15-20(26)22(28)25-13-11-24(12-14-25)18-9-7-17(23)8-10-18/h3-10,20H,2,11-15H2,1H3/t20-/m1/s1. The van der Waals surface area contributed by atoms with Gasteiger partial charge in [0.15, 0.2) is 0 Å². The fourth-order valence-corrected chi connectivity index (χ4v) is 4.24. The zero-order valence-corrected chi connectivity index (χ0v) is 16.7. The number of carbonyl (C=O) groups excluding carboxylic acids is 2. The summed E-state index contributed by atoms with van der Waals surface area (Å²) in [5.74, 6) is 0.0526. The summed E-state index contributed by atoms with van der Waals surface area (Å²) in [6, 6.07) is 15.2. The van der Waals surface area contributed by atoms with E-state index in [0.29, 0.717) is 25.9 Å². The second kappa shape index (κ2) is 7.84. The highest BCUT2D eigenvalue weighted by atomic mass is 35.5. The Kier molecular flexibility index (Phi) is 5.27. The molecule has 1 saturated heterocycles. The molecule has 28 heavy (non-hydrogen) atoms. The van der Waals surface area contributed by atoms with Gasteiger partial charge in [0.05, 0.1) is 0 Å². The number of hydrogen-bond acceptors (Lipinski definition) is 3. The molecule has 2 aliphatic rings. The summed E-state index contributed by atoms with van der Waals surface area (Å²) in [4.78, 5) is 31.7. The SMILES string of the molecule is CCC(=O)N1c2ccccc2C[C@@H]1C(=O)N1CCN(c2ccc(Cl)cc2)CC1. The largest absolute Gasteiger partial charge is 0.368 e. The molecule has 0 radical (unpaired) electrons. The molecule has 0 aliphatic carbocycles. The topological polar surface area (TPSA) is 43.9 Å². The van der Waals surface area contributed by atoms with Gasteiger partial charge in [-0.1, -0.05) is 36.7 Å². The molecule has 2 aliphatic heterocycles. The molecule has 2 aromatic rings. The Labute approximate surface area is 170 Å². The molecule has 0 unspecified atom stereocenters. The minimum atomic E-state index is -0.424. The molecule has 4 rings (SSSR count). The number of fused-ring (bicyclic) bond motifs is 1. The zero-order chi connectivity index (χ0) is 19.7. The molecule has 2 heterocycles. The number of nitrogens with zero attached hydrogens (tertiary/aromatic N) is 3. The van der Waals surface area contributed by atoms with E-state index < -0.39 is 6.04 Å². The van der Waals surface area contributed by atoms with E-state index in [4.69, 9.17) is 11.6 Å². The van der Waals surface area contributed by atoms with Crippen molar-refractivity contribution in [1.29, 1.82) is 0 Å². The van der Waals surface area contributed by atoms with Crippen molar-refractivity contribution in [3.8, 4) is 0 Å². The van der Waals surface area contributed by atoms with Crippen molar-refractivity contribution in [3.05, 3.63) is 59.1 Å². The Bertz CT molecular complexity index is 876. The summed E-state index contributed by atoms with van der Waals surface area (Å²) < 4.78 is 0. The number of amides is 2. The lowest BCUT2D eigenvalue weighted by Crippen LogP contribution is -2.55. The predicted molar refractivity (Wildman–Crippen MR) is 112 cm³/mol. The average molecular weight is 398 g/mol. The average Bonchev–Trinajstić information content (AvgIpc) is 3.13. The molecule has 0 bridgehead atoms. The van der Waals surface area contributed by atoms with Gasteiger partial charge in [-0.3, -0.25) is 14.5 Å². The van der Waals surface area contributed by atoms with Crippen LogP contribution >= 0.6 is 11.6 Å². The summed E-state index contributed by atoms with van der Waals surface area (Å²) in [5, 5.41) is 0.721. The number of rotatable bonds is 3. The molecule has 5 nitrogen and oxygen atoms in total. The Morgan fingerprint density at radius 1 is 1.00 bits per heavy atom. The van der Waals surface area contributed by atoms with Crippen LogP contribution in [0, 0.1) is 0 Å². The second-order valence-electron chi connectivity index (χ2n) is 7.25. The quantitative estimate of drug-likeness (QED) is 0.797. The van der Waals surface area contributed by atoms with Crippen molar-refractivity contribution in [2.45, 2.75) is 25.8 Å². The molecule has 0 spiro atoms. The highest BCUT2D eigenvalue weighted by Crippen LogP contribution is 2.33. The van der Waals surface area contributed by atoms with Gasteiger partial charge < -0.3 is 9.80 Å². The Hall–Kier alpha value is -2.53. The van der Waals surface area contributed by atoms with Crippen molar-refractivity contribution in [2.75, 3.05) is 36.0 Å². The predicted octanol–water partition coefficient (Wildman–Crippen LogP) is 3.36. The van der Waals surface area contributed by atoms with Gasteiger partial charge in [0.25, 0.3) is 0 Å². The van der Waals surface area contributed by atoms with E-state index in [1.165, 1.54) is 0 Å². The second-order valence-corrected chi connectivity index (χ2v) is 7.69. The van der Waals surface area contributed by atoms with Crippen LogP contribution in [0.1, 0.15) is 18.9 Å². The molecular weight excluding hydrogens is 374 g/mol. The summed E-state index contributed by atoms with van der Waals surface area (Å²) in [7, 11) is 0. The lowest BCUT2D eigenvalue weighted by atomic mass is 10.1. The normalized spacial score (nSPS) is 18.9. The molecule has 6 heteroatoms. The monoisotopic (exact) mass is 397 g/mol. The molecule has 146 valence electrons. The van der Waals surface area contributed by atoms with Gasteiger partial charge in [-0.05, 0) is 35.9 Å². The Morgan fingerprint density at radius 2 is 1.68 bits per heavy atom. The number of hydrogen-bond donors (Lipinski definition) is 0. The number of anilines is 2. The van der Waals surface area contributed by atoms with Gasteiger partial charge in [0, 0.05) is 55.4 Å². The minimum absolute atomic E-state index is 0.00287. The van der Waals surface area contributed by atoms with E-state index >= 15 is 0 Å². The fraction of sp³-hybridized carbons (Fsp3) is 0.364. The summed E-state index contributed by atoms with van der Waals surface area (Å²) >= 11 is 5.97. The van der Waals surface area contributed by atoms with Crippen molar-refractivity contribution >= 4 is 34.8 Å². The molecule has 1 fully saturated rings. The minimum Gasteiger partial charge on any atom is -0.368 e. The van der Waals surface area contributed by atoms with Crippen LogP contribution in [0.15, 0.2) is 48.5 Å². The smallest absolute Gasteiger partial charge is 0.246 e. The third-order valence-electron chi connectivity index (χ3n) is 5.62. The van der Waals surface area contributed by atoms with Crippen molar-refractivity contribution in [1.82, 2.24) is 4.90 Å². The van der Waals surface area contributed by atoms with Crippen LogP contribution < -0.4 is 9.80 Å². The zero-order valence-electron chi connectivity index (χ0n) is 16.0. The summed E-state index contributed by atoms with van der Waals surface area (Å²) in [6.45, 7) is 4.70. The highest BCUT2D eigenvalue weighted by Gasteiger charge is 2.40. The molecule has 0 saturated carbocycles. The maximum absolute atomic E-state index is 13.3. The fourth-order valence-electron chi connectivity index (χ4n) is 4.11. The molecule has 0 N–H and O–H groups in total. The van der Waals surface area contributed by atoms with E-state index in [-0.39, 0.29) is 11.8 Å². The van der Waals surface area contributed by atoms with Gasteiger partial charge in [-0.2, -0.15) is 0 Å². The van der Waals surface area contributed by atoms with Gasteiger partial charge in [0.2, 0.25) is 11.8 Å². The lowest BCUT2D eigenvalue weighted by molar-refractivity contribution is -0.134. The van der Waals surface area contributed by atoms with Crippen molar-refractivity contribution < 1.29 is 9.59 Å². The first-order valence-electron chi connectivity index (χ1n) is 9.77. The third-order valence-corrected chi connectivity index (χ3v) is 5.87. The molecule has 1 atom stereocenters. The van der Waals surface area contributed by atoms with Gasteiger partial charge in [-0.15, -0.1) is 0 Å². The van der Waals surface area contributed by atoms with Crippen LogP contribution in [0.25, 0.3) is 0 Å². The molecule has 2 amide bonds. The van der Waals surface area contributed by atoms with Gasteiger partial charge in [-0.25, -0.2) is 0 Å². The van der Waals surface area contributed by atoms with Gasteiger partial charge in [0.1, 0.15) is 6.04 Å². The maximum Gasteiger partial charge on any atom is 0.246 e. The first kappa shape index (κ1) is 18.8.